The molecule has 11 nitrogen and oxygen atoms in total. The van der Waals surface area contributed by atoms with Crippen LogP contribution in [0.15, 0.2) is 77.9 Å². The lowest BCUT2D eigenvalue weighted by molar-refractivity contribution is -0.120. The standard InChI is InChI=1S/C40H41Cl2N7O4/c1-40(2)17-35(51)48-32(40)22-44-19-25-20-45-33-16-23(14-15-49(33)39(25)52)27-6-4-7-28(36(27)41)29-8-5-9-30(37(29)42)31-12-10-24(38(47-31)53-3)18-43-21-26-11-13-34(50)46-26/h4-10,12,14-16,20,26,32,43-44H,11,13,17-19,21-22H2,1-3H3,(H,46,50)(H,48,51)/t26-,32-/m1/s1. The highest BCUT2D eigenvalue weighted by atomic mass is 35.5. The van der Waals surface area contributed by atoms with E-state index in [0.29, 0.717) is 71.9 Å². The fourth-order valence-electron chi connectivity index (χ4n) is 7.10. The third-order valence-corrected chi connectivity index (χ3v) is 11.0. The molecule has 4 N–H and O–H groups in total. The minimum Gasteiger partial charge on any atom is -0.481 e. The number of fused-ring (bicyclic) bond motifs is 1. The van der Waals surface area contributed by atoms with E-state index in [-0.39, 0.29) is 34.9 Å². The van der Waals surface area contributed by atoms with Crippen LogP contribution in [-0.4, -0.2) is 58.5 Å². The van der Waals surface area contributed by atoms with Crippen molar-refractivity contribution in [3.05, 3.63) is 105 Å². The third-order valence-electron chi connectivity index (χ3n) is 10.1. The smallest absolute Gasteiger partial charge is 0.262 e. The van der Waals surface area contributed by atoms with E-state index in [1.807, 2.05) is 60.7 Å². The Morgan fingerprint density at radius 3 is 2.26 bits per heavy atom. The quantitative estimate of drug-likeness (QED) is 0.126. The second kappa shape index (κ2) is 15.3. The highest BCUT2D eigenvalue weighted by Crippen LogP contribution is 2.42. The first kappa shape index (κ1) is 36.5. The highest BCUT2D eigenvalue weighted by Gasteiger charge is 2.38. The van der Waals surface area contributed by atoms with Crippen molar-refractivity contribution in [3.8, 4) is 39.4 Å². The molecule has 2 saturated heterocycles. The van der Waals surface area contributed by atoms with Crippen LogP contribution in [-0.2, 0) is 22.7 Å². The Bertz CT molecular complexity index is 2270. The number of carbonyl (C=O) groups is 2. The van der Waals surface area contributed by atoms with Gasteiger partial charge in [0.1, 0.15) is 5.65 Å². The van der Waals surface area contributed by atoms with Gasteiger partial charge in [0, 0.05) is 96.9 Å². The largest absolute Gasteiger partial charge is 0.481 e. The van der Waals surface area contributed by atoms with Crippen molar-refractivity contribution in [2.45, 2.75) is 58.3 Å². The normalized spacial score (nSPS) is 18.0. The number of hydrogen-bond donors (Lipinski definition) is 4. The van der Waals surface area contributed by atoms with Gasteiger partial charge in [0.2, 0.25) is 17.7 Å². The number of nitrogens with one attached hydrogen (secondary N) is 4. The first-order valence-electron chi connectivity index (χ1n) is 17.6. The van der Waals surface area contributed by atoms with Crippen molar-refractivity contribution in [1.82, 2.24) is 35.6 Å². The summed E-state index contributed by atoms with van der Waals surface area (Å²) in [6, 6.07) is 19.2. The van der Waals surface area contributed by atoms with Crippen LogP contribution in [0.4, 0.5) is 0 Å². The van der Waals surface area contributed by atoms with Gasteiger partial charge in [0.25, 0.3) is 5.56 Å². The zero-order chi connectivity index (χ0) is 37.3. The van der Waals surface area contributed by atoms with Crippen molar-refractivity contribution in [2.24, 2.45) is 5.41 Å². The number of halogens is 2. The van der Waals surface area contributed by atoms with Crippen LogP contribution in [0.25, 0.3) is 39.2 Å². The molecule has 5 aromatic rings. The van der Waals surface area contributed by atoms with Gasteiger partial charge in [-0.2, -0.15) is 0 Å². The first-order chi connectivity index (χ1) is 25.5. The van der Waals surface area contributed by atoms with Crippen molar-refractivity contribution in [2.75, 3.05) is 20.2 Å². The molecular weight excluding hydrogens is 713 g/mol. The summed E-state index contributed by atoms with van der Waals surface area (Å²) in [5.74, 6) is 0.627. The van der Waals surface area contributed by atoms with Crippen molar-refractivity contribution >= 4 is 40.7 Å². The highest BCUT2D eigenvalue weighted by molar-refractivity contribution is 6.39. The maximum absolute atomic E-state index is 13.4. The fraction of sp³-hybridized carbons (Fsp3) is 0.325. The van der Waals surface area contributed by atoms with Gasteiger partial charge in [-0.1, -0.05) is 79.5 Å². The zero-order valence-electron chi connectivity index (χ0n) is 29.8. The number of amides is 2. The summed E-state index contributed by atoms with van der Waals surface area (Å²) in [5.41, 5.74) is 6.03. The summed E-state index contributed by atoms with van der Waals surface area (Å²) >= 11 is 14.2. The Hall–Kier alpha value is -4.81. The Labute approximate surface area is 317 Å². The Balaban J connectivity index is 1.10. The molecule has 0 unspecified atom stereocenters. The second-order valence-corrected chi connectivity index (χ2v) is 15.0. The number of rotatable bonds is 12. The van der Waals surface area contributed by atoms with E-state index in [1.165, 1.54) is 4.40 Å². The van der Waals surface area contributed by atoms with Crippen LogP contribution in [0.2, 0.25) is 10.0 Å². The molecule has 13 heteroatoms. The van der Waals surface area contributed by atoms with E-state index in [0.717, 1.165) is 39.8 Å². The Morgan fingerprint density at radius 1 is 0.868 bits per heavy atom. The predicted octanol–water partition coefficient (Wildman–Crippen LogP) is 5.78. The Morgan fingerprint density at radius 2 is 1.57 bits per heavy atom. The van der Waals surface area contributed by atoms with Gasteiger partial charge in [-0.3, -0.25) is 18.8 Å². The lowest BCUT2D eigenvalue weighted by Crippen LogP contribution is -2.42. The first-order valence-corrected chi connectivity index (χ1v) is 18.4. The number of hydrogen-bond acceptors (Lipinski definition) is 8. The minimum absolute atomic E-state index is 0.00818. The number of pyridine rings is 2. The molecule has 0 bridgehead atoms. The summed E-state index contributed by atoms with van der Waals surface area (Å²) in [6.45, 7) is 6.22. The van der Waals surface area contributed by atoms with Crippen LogP contribution < -0.4 is 31.6 Å². The predicted molar refractivity (Wildman–Crippen MR) is 207 cm³/mol. The van der Waals surface area contributed by atoms with E-state index >= 15 is 0 Å². The molecule has 53 heavy (non-hydrogen) atoms. The number of ether oxygens (including phenoxy) is 1. The van der Waals surface area contributed by atoms with Crippen LogP contribution in [0.3, 0.4) is 0 Å². The van der Waals surface area contributed by atoms with Gasteiger partial charge in [0.15, 0.2) is 0 Å². The molecule has 5 heterocycles. The number of carbonyl (C=O) groups excluding carboxylic acids is 2. The van der Waals surface area contributed by atoms with Gasteiger partial charge >= 0.3 is 0 Å². The molecule has 2 atom stereocenters. The molecule has 0 aliphatic carbocycles. The number of aromatic nitrogens is 3. The van der Waals surface area contributed by atoms with Gasteiger partial charge in [-0.25, -0.2) is 9.97 Å². The summed E-state index contributed by atoms with van der Waals surface area (Å²) in [4.78, 5) is 46.2. The molecule has 0 saturated carbocycles. The van der Waals surface area contributed by atoms with Crippen molar-refractivity contribution in [3.63, 3.8) is 0 Å². The summed E-state index contributed by atoms with van der Waals surface area (Å²) in [7, 11) is 1.59. The van der Waals surface area contributed by atoms with Gasteiger partial charge in [-0.05, 0) is 35.6 Å². The van der Waals surface area contributed by atoms with Crippen molar-refractivity contribution in [1.29, 1.82) is 0 Å². The second-order valence-electron chi connectivity index (χ2n) is 14.3. The van der Waals surface area contributed by atoms with Crippen LogP contribution >= 0.6 is 23.2 Å². The number of methoxy groups -OCH3 is 1. The molecule has 3 aromatic heterocycles. The number of nitrogens with zero attached hydrogens (tertiary/aromatic N) is 3. The Kier molecular flexibility index (Phi) is 10.5. The van der Waals surface area contributed by atoms with E-state index in [1.54, 1.807) is 19.5 Å². The third kappa shape index (κ3) is 7.66. The molecule has 2 fully saturated rings. The van der Waals surface area contributed by atoms with Gasteiger partial charge in [-0.15, -0.1) is 0 Å². The maximum atomic E-state index is 13.4. The average Bonchev–Trinajstić information content (AvgIpc) is 3.68. The molecule has 2 aliphatic rings. The number of benzene rings is 2. The van der Waals surface area contributed by atoms with Gasteiger partial charge in [0.05, 0.1) is 22.8 Å². The van der Waals surface area contributed by atoms with E-state index in [9.17, 15) is 14.4 Å². The molecular formula is C40H41Cl2N7O4. The molecule has 0 spiro atoms. The van der Waals surface area contributed by atoms with Crippen LogP contribution in [0, 0.1) is 5.41 Å². The lowest BCUT2D eigenvalue weighted by Gasteiger charge is -2.25. The van der Waals surface area contributed by atoms with Crippen molar-refractivity contribution < 1.29 is 14.3 Å². The van der Waals surface area contributed by atoms with Crippen LogP contribution in [0.1, 0.15) is 44.2 Å². The molecule has 274 valence electrons. The maximum Gasteiger partial charge on any atom is 0.262 e. The van der Waals surface area contributed by atoms with E-state index in [4.69, 9.17) is 32.9 Å². The summed E-state index contributed by atoms with van der Waals surface area (Å²) in [6.07, 6.45) is 5.19. The van der Waals surface area contributed by atoms with Crippen LogP contribution in [0.5, 0.6) is 5.88 Å². The minimum atomic E-state index is -0.166. The molecule has 2 aromatic carbocycles. The summed E-state index contributed by atoms with van der Waals surface area (Å²) in [5, 5.41) is 13.7. The van der Waals surface area contributed by atoms with E-state index in [2.05, 4.69) is 40.1 Å². The SMILES string of the molecule is COc1nc(-c2cccc(-c3cccc(-c4ccn5c(=O)c(CNC[C@H]6NC(=O)CC6(C)C)cnc5c4)c3Cl)c2Cl)ccc1CNC[C@H]1CCC(=O)N1. The lowest BCUT2D eigenvalue weighted by atomic mass is 9.85. The molecule has 0 radical (unpaired) electrons. The van der Waals surface area contributed by atoms with E-state index < -0.39 is 0 Å². The molecule has 7 rings (SSSR count). The monoisotopic (exact) mass is 753 g/mol. The summed E-state index contributed by atoms with van der Waals surface area (Å²) < 4.78 is 7.17. The average molecular weight is 755 g/mol. The zero-order valence-corrected chi connectivity index (χ0v) is 31.3. The molecule has 2 aliphatic heterocycles. The fourth-order valence-corrected chi connectivity index (χ4v) is 7.76. The molecule has 2 amide bonds. The van der Waals surface area contributed by atoms with Gasteiger partial charge < -0.3 is 26.0 Å². The topological polar surface area (TPSA) is 139 Å².